The summed E-state index contributed by atoms with van der Waals surface area (Å²) in [6, 6.07) is 4.88. The van der Waals surface area contributed by atoms with Crippen LogP contribution in [0.1, 0.15) is 35.7 Å². The summed E-state index contributed by atoms with van der Waals surface area (Å²) in [5, 5.41) is 11.7. The highest BCUT2D eigenvalue weighted by molar-refractivity contribution is 6.01. The SMILES string of the molecule is CCCOCCC(=O)Nc1c(C)cccc1C(=O)O. The van der Waals surface area contributed by atoms with Crippen molar-refractivity contribution in [2.45, 2.75) is 26.7 Å². The van der Waals surface area contributed by atoms with Crippen LogP contribution in [0.25, 0.3) is 0 Å². The number of amides is 1. The Balaban J connectivity index is 2.66. The van der Waals surface area contributed by atoms with Gasteiger partial charge in [0.25, 0.3) is 0 Å². The van der Waals surface area contributed by atoms with Gasteiger partial charge in [-0.2, -0.15) is 0 Å². The van der Waals surface area contributed by atoms with Gasteiger partial charge in [-0.05, 0) is 25.0 Å². The molecule has 2 N–H and O–H groups in total. The molecule has 0 aliphatic rings. The second kappa shape index (κ2) is 7.53. The molecule has 1 amide bonds. The van der Waals surface area contributed by atoms with Crippen LogP contribution in [0.5, 0.6) is 0 Å². The van der Waals surface area contributed by atoms with E-state index < -0.39 is 5.97 Å². The lowest BCUT2D eigenvalue weighted by Gasteiger charge is -2.11. The summed E-state index contributed by atoms with van der Waals surface area (Å²) < 4.78 is 5.22. The van der Waals surface area contributed by atoms with Gasteiger partial charge in [0.2, 0.25) is 5.91 Å². The number of carbonyl (C=O) groups excluding carboxylic acids is 1. The summed E-state index contributed by atoms with van der Waals surface area (Å²) in [5.41, 5.74) is 1.18. The number of carboxylic acids is 1. The van der Waals surface area contributed by atoms with Gasteiger partial charge >= 0.3 is 5.97 Å². The molecule has 0 aliphatic heterocycles. The summed E-state index contributed by atoms with van der Waals surface area (Å²) in [7, 11) is 0. The lowest BCUT2D eigenvalue weighted by Crippen LogP contribution is -2.17. The van der Waals surface area contributed by atoms with Crippen molar-refractivity contribution >= 4 is 17.6 Å². The number of nitrogens with one attached hydrogen (secondary N) is 1. The van der Waals surface area contributed by atoms with Gasteiger partial charge in [0.1, 0.15) is 0 Å². The molecular weight excluding hydrogens is 246 g/mol. The number of carboxylic acid groups (broad SMARTS) is 1. The van der Waals surface area contributed by atoms with Crippen LogP contribution in [-0.4, -0.2) is 30.2 Å². The van der Waals surface area contributed by atoms with Crippen molar-refractivity contribution in [1.82, 2.24) is 0 Å². The molecule has 0 spiro atoms. The largest absolute Gasteiger partial charge is 0.478 e. The third-order valence-electron chi connectivity index (χ3n) is 2.59. The van der Waals surface area contributed by atoms with Crippen molar-refractivity contribution in [2.75, 3.05) is 18.5 Å². The van der Waals surface area contributed by atoms with E-state index in [2.05, 4.69) is 5.32 Å². The van der Waals surface area contributed by atoms with Crippen molar-refractivity contribution in [1.29, 1.82) is 0 Å². The molecule has 0 fully saturated rings. The Morgan fingerprint density at radius 3 is 2.68 bits per heavy atom. The summed E-state index contributed by atoms with van der Waals surface area (Å²) in [4.78, 5) is 22.8. The highest BCUT2D eigenvalue weighted by Gasteiger charge is 2.14. The summed E-state index contributed by atoms with van der Waals surface area (Å²) in [6.07, 6.45) is 1.12. The highest BCUT2D eigenvalue weighted by Crippen LogP contribution is 2.20. The number of hydrogen-bond acceptors (Lipinski definition) is 3. The Morgan fingerprint density at radius 1 is 1.32 bits per heavy atom. The molecule has 0 radical (unpaired) electrons. The first-order valence-electron chi connectivity index (χ1n) is 6.26. The van der Waals surface area contributed by atoms with Crippen LogP contribution in [0.3, 0.4) is 0 Å². The van der Waals surface area contributed by atoms with Crippen LogP contribution >= 0.6 is 0 Å². The number of aryl methyl sites for hydroxylation is 1. The molecule has 0 bridgehead atoms. The van der Waals surface area contributed by atoms with Gasteiger partial charge in [-0.25, -0.2) is 4.79 Å². The molecular formula is C14H19NO4. The third-order valence-corrected chi connectivity index (χ3v) is 2.59. The molecule has 1 aromatic rings. The van der Waals surface area contributed by atoms with E-state index in [0.717, 1.165) is 12.0 Å². The van der Waals surface area contributed by atoms with E-state index in [1.54, 1.807) is 19.1 Å². The highest BCUT2D eigenvalue weighted by atomic mass is 16.5. The van der Waals surface area contributed by atoms with E-state index in [1.165, 1.54) is 6.07 Å². The molecule has 1 rings (SSSR count). The number of hydrogen-bond donors (Lipinski definition) is 2. The van der Waals surface area contributed by atoms with E-state index in [1.807, 2.05) is 6.92 Å². The minimum Gasteiger partial charge on any atom is -0.478 e. The topological polar surface area (TPSA) is 75.6 Å². The molecule has 5 heteroatoms. The van der Waals surface area contributed by atoms with Gasteiger partial charge in [0.15, 0.2) is 0 Å². The standard InChI is InChI=1S/C14H19NO4/c1-3-8-19-9-7-12(16)15-13-10(2)5-4-6-11(13)14(17)18/h4-6H,3,7-9H2,1-2H3,(H,15,16)(H,17,18). The first kappa shape index (κ1) is 15.2. The van der Waals surface area contributed by atoms with Gasteiger partial charge < -0.3 is 15.2 Å². The van der Waals surface area contributed by atoms with Gasteiger partial charge in [-0.3, -0.25) is 4.79 Å². The average molecular weight is 265 g/mol. The van der Waals surface area contributed by atoms with Crippen LogP contribution in [0.2, 0.25) is 0 Å². The van der Waals surface area contributed by atoms with Gasteiger partial charge in [0.05, 0.1) is 24.3 Å². The zero-order chi connectivity index (χ0) is 14.3. The fraction of sp³-hybridized carbons (Fsp3) is 0.429. The van der Waals surface area contributed by atoms with Gasteiger partial charge in [0, 0.05) is 6.61 Å². The maximum absolute atomic E-state index is 11.7. The molecule has 19 heavy (non-hydrogen) atoms. The van der Waals surface area contributed by atoms with E-state index in [0.29, 0.717) is 18.9 Å². The Morgan fingerprint density at radius 2 is 2.05 bits per heavy atom. The molecule has 0 aromatic heterocycles. The maximum atomic E-state index is 11.7. The van der Waals surface area contributed by atoms with Crippen molar-refractivity contribution in [3.05, 3.63) is 29.3 Å². The van der Waals surface area contributed by atoms with Gasteiger partial charge in [-0.15, -0.1) is 0 Å². The first-order chi connectivity index (χ1) is 9.06. The van der Waals surface area contributed by atoms with Crippen molar-refractivity contribution < 1.29 is 19.4 Å². The quantitative estimate of drug-likeness (QED) is 0.742. The van der Waals surface area contributed by atoms with Crippen molar-refractivity contribution in [3.8, 4) is 0 Å². The number of anilines is 1. The zero-order valence-electron chi connectivity index (χ0n) is 11.2. The maximum Gasteiger partial charge on any atom is 0.337 e. The first-order valence-corrected chi connectivity index (χ1v) is 6.26. The average Bonchev–Trinajstić information content (AvgIpc) is 2.37. The minimum atomic E-state index is -1.05. The Labute approximate surface area is 112 Å². The lowest BCUT2D eigenvalue weighted by atomic mass is 10.1. The summed E-state index contributed by atoms with van der Waals surface area (Å²) in [6.45, 7) is 4.72. The van der Waals surface area contributed by atoms with Gasteiger partial charge in [-0.1, -0.05) is 19.1 Å². The van der Waals surface area contributed by atoms with Crippen molar-refractivity contribution in [3.63, 3.8) is 0 Å². The molecule has 0 aliphatic carbocycles. The predicted molar refractivity (Wildman–Crippen MR) is 72.5 cm³/mol. The Bertz CT molecular complexity index is 457. The monoisotopic (exact) mass is 265 g/mol. The van der Waals surface area contributed by atoms with E-state index >= 15 is 0 Å². The molecule has 0 heterocycles. The van der Waals surface area contributed by atoms with Crippen LogP contribution < -0.4 is 5.32 Å². The number of para-hydroxylation sites is 1. The fourth-order valence-corrected chi connectivity index (χ4v) is 1.63. The second-order valence-electron chi connectivity index (χ2n) is 4.21. The normalized spacial score (nSPS) is 10.2. The fourth-order valence-electron chi connectivity index (χ4n) is 1.63. The van der Waals surface area contributed by atoms with E-state index in [4.69, 9.17) is 9.84 Å². The summed E-state index contributed by atoms with van der Waals surface area (Å²) >= 11 is 0. The molecule has 1 aromatic carbocycles. The lowest BCUT2D eigenvalue weighted by molar-refractivity contribution is -0.117. The number of carbonyl (C=O) groups is 2. The predicted octanol–water partition coefficient (Wildman–Crippen LogP) is 2.45. The second-order valence-corrected chi connectivity index (χ2v) is 4.21. The third kappa shape index (κ3) is 4.71. The number of rotatable bonds is 7. The van der Waals surface area contributed by atoms with Crippen molar-refractivity contribution in [2.24, 2.45) is 0 Å². The van der Waals surface area contributed by atoms with Crippen LogP contribution in [0.4, 0.5) is 5.69 Å². The van der Waals surface area contributed by atoms with E-state index in [-0.39, 0.29) is 17.9 Å². The Hall–Kier alpha value is -1.88. The molecule has 5 nitrogen and oxygen atoms in total. The molecule has 0 saturated heterocycles. The molecule has 0 atom stereocenters. The number of benzene rings is 1. The smallest absolute Gasteiger partial charge is 0.337 e. The van der Waals surface area contributed by atoms with E-state index in [9.17, 15) is 9.59 Å². The zero-order valence-corrected chi connectivity index (χ0v) is 11.2. The Kier molecular flexibility index (Phi) is 6.02. The number of ether oxygens (including phenoxy) is 1. The number of aromatic carboxylic acids is 1. The molecule has 0 unspecified atom stereocenters. The summed E-state index contributed by atoms with van der Waals surface area (Å²) in [5.74, 6) is -1.30. The minimum absolute atomic E-state index is 0.0998. The van der Waals surface area contributed by atoms with Crippen LogP contribution in [-0.2, 0) is 9.53 Å². The molecule has 104 valence electrons. The molecule has 0 saturated carbocycles. The van der Waals surface area contributed by atoms with Crippen LogP contribution in [0, 0.1) is 6.92 Å². The van der Waals surface area contributed by atoms with Crippen LogP contribution in [0.15, 0.2) is 18.2 Å².